The Morgan fingerprint density at radius 1 is 1.41 bits per heavy atom. The monoisotopic (exact) mass is 241 g/mol. The van der Waals surface area contributed by atoms with Crippen molar-refractivity contribution in [1.82, 2.24) is 16.0 Å². The second-order valence-corrected chi connectivity index (χ2v) is 4.54. The number of nitrogens with one attached hydrogen (secondary N) is 3. The average Bonchev–Trinajstić information content (AvgIpc) is 2.57. The van der Waals surface area contributed by atoms with Gasteiger partial charge in [0.1, 0.15) is 5.54 Å². The Labute approximate surface area is 97.9 Å². The summed E-state index contributed by atoms with van der Waals surface area (Å²) in [6, 6.07) is -0.776. The van der Waals surface area contributed by atoms with Crippen molar-refractivity contribution in [3.05, 3.63) is 0 Å². The highest BCUT2D eigenvalue weighted by molar-refractivity contribution is 5.88. The van der Waals surface area contributed by atoms with Gasteiger partial charge in [0, 0.05) is 13.0 Å². The van der Waals surface area contributed by atoms with Crippen molar-refractivity contribution in [3.8, 4) is 0 Å². The highest BCUT2D eigenvalue weighted by atomic mass is 16.4. The van der Waals surface area contributed by atoms with Gasteiger partial charge in [-0.3, -0.25) is 4.79 Å². The Hall–Kier alpha value is -1.79. The number of aliphatic carboxylic acids is 1. The number of carboxylic acids is 1. The Balaban J connectivity index is 1.84. The van der Waals surface area contributed by atoms with E-state index in [0.717, 1.165) is 6.42 Å². The lowest BCUT2D eigenvalue weighted by atomic mass is 9.77. The fourth-order valence-corrected chi connectivity index (χ4v) is 2.07. The maximum atomic E-state index is 11.6. The minimum atomic E-state index is -1.11. The zero-order valence-electron chi connectivity index (χ0n) is 9.28. The van der Waals surface area contributed by atoms with Gasteiger partial charge in [-0.25, -0.2) is 9.59 Å². The van der Waals surface area contributed by atoms with Gasteiger partial charge >= 0.3 is 12.0 Å². The summed E-state index contributed by atoms with van der Waals surface area (Å²) in [5, 5.41) is 16.7. The number of carbonyl (C=O) groups is 3. The molecule has 1 aliphatic carbocycles. The lowest BCUT2D eigenvalue weighted by Gasteiger charge is -2.38. The van der Waals surface area contributed by atoms with Crippen molar-refractivity contribution in [2.75, 3.05) is 6.54 Å². The molecule has 1 heterocycles. The fraction of sp³-hybridized carbons (Fsp3) is 0.700. The van der Waals surface area contributed by atoms with Gasteiger partial charge in [-0.05, 0) is 19.3 Å². The third-order valence-corrected chi connectivity index (χ3v) is 3.28. The van der Waals surface area contributed by atoms with E-state index in [-0.39, 0.29) is 18.4 Å². The van der Waals surface area contributed by atoms with Crippen molar-refractivity contribution >= 4 is 17.9 Å². The first-order valence-corrected chi connectivity index (χ1v) is 5.61. The summed E-state index contributed by atoms with van der Waals surface area (Å²) >= 11 is 0. The van der Waals surface area contributed by atoms with E-state index in [1.165, 1.54) is 0 Å². The smallest absolute Gasteiger partial charge is 0.329 e. The van der Waals surface area contributed by atoms with E-state index in [1.807, 2.05) is 0 Å². The molecule has 1 atom stereocenters. The molecule has 17 heavy (non-hydrogen) atoms. The van der Waals surface area contributed by atoms with Crippen LogP contribution in [0, 0.1) is 0 Å². The topological polar surface area (TPSA) is 108 Å². The first kappa shape index (κ1) is 11.7. The van der Waals surface area contributed by atoms with Crippen molar-refractivity contribution in [3.63, 3.8) is 0 Å². The third-order valence-electron chi connectivity index (χ3n) is 3.28. The normalized spacial score (nSPS) is 25.6. The molecule has 0 bridgehead atoms. The van der Waals surface area contributed by atoms with Gasteiger partial charge in [-0.15, -0.1) is 0 Å². The summed E-state index contributed by atoms with van der Waals surface area (Å²) in [6.07, 6.45) is 1.96. The first-order valence-electron chi connectivity index (χ1n) is 5.61. The van der Waals surface area contributed by atoms with E-state index in [0.29, 0.717) is 19.4 Å². The number of hydrogen-bond acceptors (Lipinski definition) is 3. The van der Waals surface area contributed by atoms with Crippen LogP contribution in [0.3, 0.4) is 0 Å². The largest absolute Gasteiger partial charge is 0.480 e. The van der Waals surface area contributed by atoms with Gasteiger partial charge in [0.2, 0.25) is 5.91 Å². The van der Waals surface area contributed by atoms with Crippen molar-refractivity contribution in [2.45, 2.75) is 37.3 Å². The van der Waals surface area contributed by atoms with E-state index in [9.17, 15) is 14.4 Å². The number of hydrogen-bond donors (Lipinski definition) is 4. The molecule has 0 aromatic rings. The van der Waals surface area contributed by atoms with Gasteiger partial charge in [0.15, 0.2) is 0 Å². The number of rotatable bonds is 3. The molecule has 2 fully saturated rings. The Morgan fingerprint density at radius 2 is 2.12 bits per heavy atom. The average molecular weight is 241 g/mol. The van der Waals surface area contributed by atoms with Crippen molar-refractivity contribution in [1.29, 1.82) is 0 Å². The van der Waals surface area contributed by atoms with Crippen LogP contribution in [0.25, 0.3) is 0 Å². The predicted molar refractivity (Wildman–Crippen MR) is 57.3 cm³/mol. The van der Waals surface area contributed by atoms with Crippen LogP contribution >= 0.6 is 0 Å². The number of urea groups is 1. The van der Waals surface area contributed by atoms with Crippen molar-refractivity contribution < 1.29 is 19.5 Å². The van der Waals surface area contributed by atoms with Crippen LogP contribution < -0.4 is 16.0 Å². The molecule has 7 heteroatoms. The van der Waals surface area contributed by atoms with Crippen LogP contribution in [-0.2, 0) is 9.59 Å². The predicted octanol–water partition coefficient (Wildman–Crippen LogP) is -0.819. The Kier molecular flexibility index (Phi) is 2.91. The molecule has 1 unspecified atom stereocenters. The summed E-state index contributed by atoms with van der Waals surface area (Å²) in [6.45, 7) is 0.395. The minimum Gasteiger partial charge on any atom is -0.480 e. The number of amides is 3. The summed E-state index contributed by atoms with van der Waals surface area (Å²) < 4.78 is 0. The molecule has 1 saturated carbocycles. The molecule has 1 saturated heterocycles. The Bertz CT molecular complexity index is 365. The van der Waals surface area contributed by atoms with Gasteiger partial charge in [-0.2, -0.15) is 0 Å². The SMILES string of the molecule is O=C1CC(NC(=O)NC2(C(=O)O)CCC2)CN1. The molecular weight excluding hydrogens is 226 g/mol. The van der Waals surface area contributed by atoms with Gasteiger partial charge in [0.25, 0.3) is 0 Å². The molecular formula is C10H15N3O4. The van der Waals surface area contributed by atoms with Crippen LogP contribution in [0.4, 0.5) is 4.79 Å². The fourth-order valence-electron chi connectivity index (χ4n) is 2.07. The standard InChI is InChI=1S/C10H15N3O4/c14-7-4-6(5-11-7)12-9(17)13-10(8(15)16)2-1-3-10/h6H,1-5H2,(H,11,14)(H,15,16)(H2,12,13,17). The summed E-state index contributed by atoms with van der Waals surface area (Å²) in [5.41, 5.74) is -1.11. The lowest BCUT2D eigenvalue weighted by molar-refractivity contribution is -0.148. The molecule has 0 spiro atoms. The maximum Gasteiger partial charge on any atom is 0.329 e. The molecule has 1 aliphatic heterocycles. The zero-order chi connectivity index (χ0) is 12.5. The van der Waals surface area contributed by atoms with Gasteiger partial charge in [-0.1, -0.05) is 0 Å². The quantitative estimate of drug-likeness (QED) is 0.518. The molecule has 3 amide bonds. The highest BCUT2D eigenvalue weighted by Crippen LogP contribution is 2.31. The second kappa shape index (κ2) is 4.23. The molecule has 0 aromatic heterocycles. The molecule has 4 N–H and O–H groups in total. The minimum absolute atomic E-state index is 0.105. The van der Waals surface area contributed by atoms with Gasteiger partial charge in [0.05, 0.1) is 6.04 Å². The number of carbonyl (C=O) groups excluding carboxylic acids is 2. The van der Waals surface area contributed by atoms with E-state index >= 15 is 0 Å². The first-order chi connectivity index (χ1) is 8.02. The van der Waals surface area contributed by atoms with Crippen LogP contribution in [0.5, 0.6) is 0 Å². The second-order valence-electron chi connectivity index (χ2n) is 4.54. The van der Waals surface area contributed by atoms with E-state index < -0.39 is 17.5 Å². The number of carboxylic acid groups (broad SMARTS) is 1. The zero-order valence-corrected chi connectivity index (χ0v) is 9.28. The molecule has 2 aliphatic rings. The lowest BCUT2D eigenvalue weighted by Crippen LogP contribution is -2.62. The molecule has 94 valence electrons. The van der Waals surface area contributed by atoms with Crippen LogP contribution in [0.15, 0.2) is 0 Å². The van der Waals surface area contributed by atoms with Crippen LogP contribution in [0.2, 0.25) is 0 Å². The van der Waals surface area contributed by atoms with Crippen LogP contribution in [0.1, 0.15) is 25.7 Å². The molecule has 7 nitrogen and oxygen atoms in total. The molecule has 2 rings (SSSR count). The third kappa shape index (κ3) is 2.32. The van der Waals surface area contributed by atoms with E-state index in [2.05, 4.69) is 16.0 Å². The van der Waals surface area contributed by atoms with E-state index in [4.69, 9.17) is 5.11 Å². The summed E-state index contributed by atoms with van der Waals surface area (Å²) in [5.74, 6) is -1.11. The maximum absolute atomic E-state index is 11.6. The summed E-state index contributed by atoms with van der Waals surface area (Å²) in [7, 11) is 0. The molecule has 0 radical (unpaired) electrons. The van der Waals surface area contributed by atoms with E-state index in [1.54, 1.807) is 0 Å². The molecule has 0 aromatic carbocycles. The Morgan fingerprint density at radius 3 is 2.53 bits per heavy atom. The van der Waals surface area contributed by atoms with Crippen molar-refractivity contribution in [2.24, 2.45) is 0 Å². The van der Waals surface area contributed by atoms with Gasteiger partial charge < -0.3 is 21.1 Å². The summed E-state index contributed by atoms with van der Waals surface area (Å²) in [4.78, 5) is 33.5. The van der Waals surface area contributed by atoms with Crippen LogP contribution in [-0.4, -0.2) is 41.1 Å². The highest BCUT2D eigenvalue weighted by Gasteiger charge is 2.46.